The maximum absolute atomic E-state index is 13.0. The van der Waals surface area contributed by atoms with Crippen molar-refractivity contribution in [3.8, 4) is 6.07 Å². The lowest BCUT2D eigenvalue weighted by molar-refractivity contribution is 0.471. The predicted molar refractivity (Wildman–Crippen MR) is 107 cm³/mol. The number of sulfonamides is 1. The van der Waals surface area contributed by atoms with Crippen molar-refractivity contribution in [1.29, 1.82) is 5.26 Å². The topological polar surface area (TPSA) is 61.2 Å². The van der Waals surface area contributed by atoms with Gasteiger partial charge in [-0.15, -0.1) is 0 Å². The van der Waals surface area contributed by atoms with Gasteiger partial charge in [-0.1, -0.05) is 60.2 Å². The molecule has 2 aromatic carbocycles. The summed E-state index contributed by atoms with van der Waals surface area (Å²) >= 11 is 0. The van der Waals surface area contributed by atoms with Gasteiger partial charge in [0.15, 0.2) is 0 Å². The smallest absolute Gasteiger partial charge is 0.207 e. The molecule has 0 aliphatic carbocycles. The van der Waals surface area contributed by atoms with Gasteiger partial charge in [0, 0.05) is 24.6 Å². The van der Waals surface area contributed by atoms with Crippen molar-refractivity contribution in [1.82, 2.24) is 4.31 Å². The van der Waals surface area contributed by atoms with E-state index in [0.717, 1.165) is 16.7 Å². The number of hydrogen-bond acceptors (Lipinski definition) is 3. The number of nitriles is 1. The van der Waals surface area contributed by atoms with Crippen LogP contribution in [0.5, 0.6) is 0 Å². The van der Waals surface area contributed by atoms with Crippen molar-refractivity contribution in [3.05, 3.63) is 82.9 Å². The Labute approximate surface area is 161 Å². The molecule has 0 bridgehead atoms. The lowest BCUT2D eigenvalue weighted by Gasteiger charge is -2.15. The molecule has 138 valence electrons. The van der Waals surface area contributed by atoms with Gasteiger partial charge in [0.25, 0.3) is 0 Å². The summed E-state index contributed by atoms with van der Waals surface area (Å²) in [6, 6.07) is 18.9. The van der Waals surface area contributed by atoms with E-state index in [9.17, 15) is 13.7 Å². The molecular formula is C22H22N2O2S. The number of benzene rings is 2. The van der Waals surface area contributed by atoms with E-state index in [1.165, 1.54) is 4.31 Å². The van der Waals surface area contributed by atoms with E-state index in [1.807, 2.05) is 49.4 Å². The molecule has 0 spiro atoms. The zero-order valence-corrected chi connectivity index (χ0v) is 16.3. The Kier molecular flexibility index (Phi) is 5.59. The Bertz CT molecular complexity index is 1010. The molecule has 3 rings (SSSR count). The summed E-state index contributed by atoms with van der Waals surface area (Å²) in [5.74, 6) is -0.106. The Morgan fingerprint density at radius 3 is 2.44 bits per heavy atom. The van der Waals surface area contributed by atoms with Gasteiger partial charge in [0.1, 0.15) is 0 Å². The van der Waals surface area contributed by atoms with Crippen LogP contribution in [0.25, 0.3) is 6.08 Å². The van der Waals surface area contributed by atoms with Crippen molar-refractivity contribution in [3.63, 3.8) is 0 Å². The molecule has 1 fully saturated rings. The van der Waals surface area contributed by atoms with Gasteiger partial charge < -0.3 is 0 Å². The first-order chi connectivity index (χ1) is 12.9. The van der Waals surface area contributed by atoms with Crippen LogP contribution in [0.2, 0.25) is 0 Å². The van der Waals surface area contributed by atoms with Gasteiger partial charge in [-0.05, 0) is 37.1 Å². The second kappa shape index (κ2) is 7.91. The van der Waals surface area contributed by atoms with E-state index in [2.05, 4.69) is 6.07 Å². The molecule has 1 unspecified atom stereocenters. The fourth-order valence-electron chi connectivity index (χ4n) is 3.18. The summed E-state index contributed by atoms with van der Waals surface area (Å²) in [5, 5.41) is 9.33. The molecule has 1 atom stereocenters. The molecule has 0 N–H and O–H groups in total. The van der Waals surface area contributed by atoms with Crippen molar-refractivity contribution in [2.45, 2.75) is 18.7 Å². The van der Waals surface area contributed by atoms with E-state index in [1.54, 1.807) is 31.2 Å². The average molecular weight is 378 g/mol. The Morgan fingerprint density at radius 1 is 1.15 bits per heavy atom. The summed E-state index contributed by atoms with van der Waals surface area (Å²) in [6.45, 7) is 4.27. The summed E-state index contributed by atoms with van der Waals surface area (Å²) < 4.78 is 27.5. The normalized spacial score (nSPS) is 20.0. The van der Waals surface area contributed by atoms with Crippen molar-refractivity contribution >= 4 is 16.1 Å². The third-order valence-corrected chi connectivity index (χ3v) is 6.65. The molecule has 4 nitrogen and oxygen atoms in total. The lowest BCUT2D eigenvalue weighted by atomic mass is 9.97. The zero-order valence-electron chi connectivity index (χ0n) is 15.5. The van der Waals surface area contributed by atoms with Crippen LogP contribution in [0.15, 0.2) is 76.7 Å². The monoisotopic (exact) mass is 378 g/mol. The minimum atomic E-state index is -3.59. The maximum atomic E-state index is 13.0. The van der Waals surface area contributed by atoms with Gasteiger partial charge in [0.2, 0.25) is 10.0 Å². The van der Waals surface area contributed by atoms with E-state index in [0.29, 0.717) is 12.1 Å². The molecular weight excluding hydrogens is 356 g/mol. The molecule has 1 aliphatic heterocycles. The second-order valence-electron chi connectivity index (χ2n) is 6.75. The second-order valence-corrected chi connectivity index (χ2v) is 8.69. The largest absolute Gasteiger partial charge is 0.243 e. The highest BCUT2D eigenvalue weighted by Gasteiger charge is 2.35. The van der Waals surface area contributed by atoms with Crippen LogP contribution >= 0.6 is 0 Å². The fraction of sp³-hybridized carbons (Fsp3) is 0.227. The van der Waals surface area contributed by atoms with E-state index < -0.39 is 10.0 Å². The number of nitrogens with zero attached hydrogens (tertiary/aromatic N) is 2. The molecule has 27 heavy (non-hydrogen) atoms. The molecule has 0 aromatic heterocycles. The van der Waals surface area contributed by atoms with Gasteiger partial charge in [-0.2, -0.15) is 9.57 Å². The van der Waals surface area contributed by atoms with E-state index >= 15 is 0 Å². The minimum absolute atomic E-state index is 0.106. The molecule has 1 saturated heterocycles. The first-order valence-corrected chi connectivity index (χ1v) is 10.3. The van der Waals surface area contributed by atoms with Crippen LogP contribution in [0, 0.1) is 24.2 Å². The highest BCUT2D eigenvalue weighted by atomic mass is 32.2. The number of rotatable bonds is 4. The number of allylic oxidation sites excluding steroid dienone is 1. The van der Waals surface area contributed by atoms with Crippen LogP contribution in [0.4, 0.5) is 0 Å². The zero-order chi connectivity index (χ0) is 19.4. The van der Waals surface area contributed by atoms with Crippen molar-refractivity contribution in [2.75, 3.05) is 13.1 Å². The van der Waals surface area contributed by atoms with Gasteiger partial charge in [0.05, 0.1) is 11.0 Å². The predicted octanol–water partition coefficient (Wildman–Crippen LogP) is 4.17. The molecule has 2 aromatic rings. The van der Waals surface area contributed by atoms with Gasteiger partial charge in [-0.25, -0.2) is 8.42 Å². The Morgan fingerprint density at radius 2 is 1.81 bits per heavy atom. The van der Waals surface area contributed by atoms with Crippen LogP contribution in [-0.2, 0) is 10.0 Å². The summed E-state index contributed by atoms with van der Waals surface area (Å²) in [5.41, 5.74) is 3.51. The summed E-state index contributed by atoms with van der Waals surface area (Å²) in [6.07, 6.45) is 3.98. The Hall–Kier alpha value is -2.68. The van der Waals surface area contributed by atoms with Crippen LogP contribution in [0.1, 0.15) is 18.1 Å². The summed E-state index contributed by atoms with van der Waals surface area (Å²) in [4.78, 5) is 0.287. The van der Waals surface area contributed by atoms with Crippen LogP contribution < -0.4 is 0 Å². The molecule has 1 heterocycles. The Balaban J connectivity index is 1.91. The third-order valence-electron chi connectivity index (χ3n) is 4.82. The SMILES string of the molecule is C/C(C#N)=C1/CN(S(=O)(=O)c2ccc(C)cc2)CC1/C=C/c1ccccc1. The first-order valence-electron chi connectivity index (χ1n) is 8.81. The van der Waals surface area contributed by atoms with Crippen molar-refractivity contribution < 1.29 is 8.42 Å². The van der Waals surface area contributed by atoms with E-state index in [4.69, 9.17) is 0 Å². The first kappa shape index (κ1) is 19.1. The molecule has 5 heteroatoms. The van der Waals surface area contributed by atoms with Crippen LogP contribution in [-0.4, -0.2) is 25.8 Å². The standard InChI is InChI=1S/C22H22N2O2S/c1-17-8-12-21(13-9-17)27(25,26)24-15-20(22(16-24)18(2)14-23)11-10-19-6-4-3-5-7-19/h3-13,20H,15-16H2,1-2H3/b11-10+,22-18+. The van der Waals surface area contributed by atoms with Crippen molar-refractivity contribution in [2.24, 2.45) is 5.92 Å². The maximum Gasteiger partial charge on any atom is 0.243 e. The molecule has 1 aliphatic rings. The molecule has 0 radical (unpaired) electrons. The van der Waals surface area contributed by atoms with Gasteiger partial charge >= 0.3 is 0 Å². The quantitative estimate of drug-likeness (QED) is 0.750. The number of hydrogen-bond donors (Lipinski definition) is 0. The van der Waals surface area contributed by atoms with E-state index in [-0.39, 0.29) is 17.4 Å². The fourth-order valence-corrected chi connectivity index (χ4v) is 4.62. The number of aryl methyl sites for hydroxylation is 1. The van der Waals surface area contributed by atoms with Crippen LogP contribution in [0.3, 0.4) is 0 Å². The molecule has 0 amide bonds. The highest BCUT2D eigenvalue weighted by Crippen LogP contribution is 2.31. The highest BCUT2D eigenvalue weighted by molar-refractivity contribution is 7.89. The third kappa shape index (κ3) is 4.19. The lowest BCUT2D eigenvalue weighted by Crippen LogP contribution is -2.28. The minimum Gasteiger partial charge on any atom is -0.207 e. The van der Waals surface area contributed by atoms with Gasteiger partial charge in [-0.3, -0.25) is 0 Å². The summed E-state index contributed by atoms with van der Waals surface area (Å²) in [7, 11) is -3.59. The average Bonchev–Trinajstić information content (AvgIpc) is 3.12. The molecule has 0 saturated carbocycles.